The van der Waals surface area contributed by atoms with Gasteiger partial charge in [0.2, 0.25) is 0 Å². The van der Waals surface area contributed by atoms with Gasteiger partial charge in [-0.3, -0.25) is 4.57 Å². The monoisotopic (exact) mass is 365 g/mol. The minimum Gasteiger partial charge on any atom is -0.508 e. The van der Waals surface area contributed by atoms with Crippen molar-refractivity contribution in [1.29, 1.82) is 0 Å². The number of nitrogens with zero attached hydrogens (tertiary/aromatic N) is 4. The van der Waals surface area contributed by atoms with Crippen molar-refractivity contribution in [3.63, 3.8) is 0 Å². The van der Waals surface area contributed by atoms with Gasteiger partial charge in [0, 0.05) is 11.6 Å². The molecule has 1 aromatic heterocycles. The zero-order valence-corrected chi connectivity index (χ0v) is 17.1. The van der Waals surface area contributed by atoms with Crippen LogP contribution in [0.25, 0.3) is 17.1 Å². The number of phenolic OH excluding ortho intramolecular Hbond substituents is 1. The van der Waals surface area contributed by atoms with Gasteiger partial charge < -0.3 is 9.59 Å². The van der Waals surface area contributed by atoms with E-state index in [-0.39, 0.29) is 11.2 Å². The second-order valence-electron chi connectivity index (χ2n) is 9.07. The Morgan fingerprint density at radius 2 is 1.63 bits per heavy atom. The molecule has 0 radical (unpaired) electrons. The van der Waals surface area contributed by atoms with Crippen molar-refractivity contribution in [3.05, 3.63) is 59.9 Å². The highest BCUT2D eigenvalue weighted by Crippen LogP contribution is 2.28. The number of quaternary nitrogens is 1. The van der Waals surface area contributed by atoms with E-state index < -0.39 is 0 Å². The van der Waals surface area contributed by atoms with E-state index in [1.807, 2.05) is 16.7 Å². The Hall–Kier alpha value is -2.66. The highest BCUT2D eigenvalue weighted by molar-refractivity contribution is 5.60. The van der Waals surface area contributed by atoms with Gasteiger partial charge in [0.25, 0.3) is 0 Å². The third-order valence-corrected chi connectivity index (χ3v) is 4.44. The minimum atomic E-state index is 0.103. The lowest BCUT2D eigenvalue weighted by atomic mass is 9.86. The standard InChI is InChI=1S/C22H28N4O/c1-22(2,3)17-12-10-16(11-13-17)21-24-23-20(15-26(4,5)6)25(21)18-8-7-9-19(27)14-18/h7-14H,15H2,1-6H3/p+1. The lowest BCUT2D eigenvalue weighted by Gasteiger charge is -2.23. The highest BCUT2D eigenvalue weighted by Gasteiger charge is 2.21. The van der Waals surface area contributed by atoms with Crippen LogP contribution in [0.5, 0.6) is 5.75 Å². The molecular formula is C22H29N4O+. The first kappa shape index (κ1) is 19.1. The molecule has 0 aliphatic carbocycles. The minimum absolute atomic E-state index is 0.103. The van der Waals surface area contributed by atoms with Crippen LogP contribution < -0.4 is 0 Å². The zero-order chi connectivity index (χ0) is 19.8. The summed E-state index contributed by atoms with van der Waals surface area (Å²) in [6.45, 7) is 7.34. The number of rotatable bonds is 4. The third kappa shape index (κ3) is 4.37. The van der Waals surface area contributed by atoms with E-state index in [1.54, 1.807) is 12.1 Å². The molecule has 5 heteroatoms. The van der Waals surface area contributed by atoms with E-state index in [4.69, 9.17) is 0 Å². The van der Waals surface area contributed by atoms with Gasteiger partial charge in [-0.2, -0.15) is 0 Å². The molecule has 0 fully saturated rings. The first-order valence-electron chi connectivity index (χ1n) is 9.20. The van der Waals surface area contributed by atoms with Crippen LogP contribution in [0, 0.1) is 0 Å². The van der Waals surface area contributed by atoms with E-state index in [0.717, 1.165) is 33.9 Å². The van der Waals surface area contributed by atoms with E-state index in [2.05, 4.69) is 76.4 Å². The molecule has 0 saturated heterocycles. The first-order valence-corrected chi connectivity index (χ1v) is 9.20. The Bertz CT molecular complexity index is 928. The molecule has 0 amide bonds. The van der Waals surface area contributed by atoms with Crippen LogP contribution in [0.4, 0.5) is 0 Å². The van der Waals surface area contributed by atoms with Gasteiger partial charge in [-0.05, 0) is 23.1 Å². The van der Waals surface area contributed by atoms with Crippen molar-refractivity contribution in [3.8, 4) is 22.8 Å². The first-order chi connectivity index (χ1) is 12.5. The molecule has 0 spiro atoms. The maximum Gasteiger partial charge on any atom is 0.193 e. The van der Waals surface area contributed by atoms with Gasteiger partial charge in [0.05, 0.1) is 26.8 Å². The quantitative estimate of drug-likeness (QED) is 0.707. The van der Waals surface area contributed by atoms with Crippen molar-refractivity contribution in [1.82, 2.24) is 14.8 Å². The van der Waals surface area contributed by atoms with Gasteiger partial charge >= 0.3 is 0 Å². The summed E-state index contributed by atoms with van der Waals surface area (Å²) in [5.41, 5.74) is 3.25. The molecule has 0 unspecified atom stereocenters. The van der Waals surface area contributed by atoms with E-state index in [9.17, 15) is 5.11 Å². The number of hydrogen-bond donors (Lipinski definition) is 1. The number of benzene rings is 2. The average Bonchev–Trinajstić information content (AvgIpc) is 2.95. The van der Waals surface area contributed by atoms with Gasteiger partial charge in [-0.15, -0.1) is 10.2 Å². The van der Waals surface area contributed by atoms with E-state index in [1.165, 1.54) is 5.56 Å². The second kappa shape index (κ2) is 6.82. The molecule has 0 bridgehead atoms. The number of aromatic nitrogens is 3. The maximum atomic E-state index is 9.96. The molecule has 1 heterocycles. The highest BCUT2D eigenvalue weighted by atomic mass is 16.3. The van der Waals surface area contributed by atoms with Crippen molar-refractivity contribution in [2.24, 2.45) is 0 Å². The third-order valence-electron chi connectivity index (χ3n) is 4.44. The molecule has 2 aromatic carbocycles. The summed E-state index contributed by atoms with van der Waals surface area (Å²) in [6, 6.07) is 15.7. The summed E-state index contributed by atoms with van der Waals surface area (Å²) < 4.78 is 2.77. The van der Waals surface area contributed by atoms with Gasteiger partial charge in [0.15, 0.2) is 11.6 Å². The molecular weight excluding hydrogens is 336 g/mol. The molecule has 0 aliphatic heterocycles. The van der Waals surface area contributed by atoms with E-state index in [0.29, 0.717) is 0 Å². The van der Waals surface area contributed by atoms with Gasteiger partial charge in [0.1, 0.15) is 12.3 Å². The normalized spacial score (nSPS) is 12.4. The summed E-state index contributed by atoms with van der Waals surface area (Å²) >= 11 is 0. The second-order valence-corrected chi connectivity index (χ2v) is 9.07. The fourth-order valence-corrected chi connectivity index (χ4v) is 3.05. The summed E-state index contributed by atoms with van der Waals surface area (Å²) in [5, 5.41) is 18.9. The van der Waals surface area contributed by atoms with Crippen LogP contribution in [0.15, 0.2) is 48.5 Å². The molecule has 0 saturated carbocycles. The van der Waals surface area contributed by atoms with Crippen LogP contribution in [0.2, 0.25) is 0 Å². The van der Waals surface area contributed by atoms with Crippen LogP contribution in [0.3, 0.4) is 0 Å². The van der Waals surface area contributed by atoms with E-state index >= 15 is 0 Å². The van der Waals surface area contributed by atoms with Gasteiger partial charge in [-0.1, -0.05) is 51.1 Å². The number of hydrogen-bond acceptors (Lipinski definition) is 3. The zero-order valence-electron chi connectivity index (χ0n) is 17.1. The fraction of sp³-hybridized carbons (Fsp3) is 0.364. The largest absolute Gasteiger partial charge is 0.508 e. The average molecular weight is 366 g/mol. The smallest absolute Gasteiger partial charge is 0.193 e. The SMILES string of the molecule is CC(C)(C)c1ccc(-c2nnc(C[N+](C)(C)C)n2-c2cccc(O)c2)cc1. The van der Waals surface area contributed by atoms with Crippen molar-refractivity contribution < 1.29 is 9.59 Å². The van der Waals surface area contributed by atoms with Crippen LogP contribution in [-0.2, 0) is 12.0 Å². The summed E-state index contributed by atoms with van der Waals surface area (Å²) in [4.78, 5) is 0. The predicted molar refractivity (Wildman–Crippen MR) is 109 cm³/mol. The van der Waals surface area contributed by atoms with Crippen LogP contribution in [0.1, 0.15) is 32.2 Å². The summed E-state index contributed by atoms with van der Waals surface area (Å²) in [7, 11) is 6.37. The molecule has 3 aromatic rings. The molecule has 1 N–H and O–H groups in total. The van der Waals surface area contributed by atoms with Gasteiger partial charge in [-0.25, -0.2) is 0 Å². The Morgan fingerprint density at radius 1 is 0.963 bits per heavy atom. The lowest BCUT2D eigenvalue weighted by molar-refractivity contribution is -0.884. The molecule has 0 atom stereocenters. The summed E-state index contributed by atoms with van der Waals surface area (Å²) in [5.74, 6) is 1.87. The molecule has 27 heavy (non-hydrogen) atoms. The Balaban J connectivity index is 2.13. The maximum absolute atomic E-state index is 9.96. The molecule has 3 rings (SSSR count). The van der Waals surface area contributed by atoms with Crippen molar-refractivity contribution in [2.75, 3.05) is 21.1 Å². The Kier molecular flexibility index (Phi) is 4.82. The number of phenols is 1. The van der Waals surface area contributed by atoms with Crippen LogP contribution >= 0.6 is 0 Å². The Labute approximate surface area is 161 Å². The predicted octanol–water partition coefficient (Wildman–Crippen LogP) is 4.14. The van der Waals surface area contributed by atoms with Crippen molar-refractivity contribution in [2.45, 2.75) is 32.7 Å². The number of aromatic hydroxyl groups is 1. The fourth-order valence-electron chi connectivity index (χ4n) is 3.05. The molecule has 0 aliphatic rings. The Morgan fingerprint density at radius 3 is 2.19 bits per heavy atom. The summed E-state index contributed by atoms with van der Waals surface area (Å²) in [6.07, 6.45) is 0. The lowest BCUT2D eigenvalue weighted by Crippen LogP contribution is -2.34. The topological polar surface area (TPSA) is 50.9 Å². The van der Waals surface area contributed by atoms with Crippen molar-refractivity contribution >= 4 is 0 Å². The van der Waals surface area contributed by atoms with Crippen LogP contribution in [-0.4, -0.2) is 45.5 Å². The molecule has 5 nitrogen and oxygen atoms in total. The molecule has 142 valence electrons.